The number of phenolic OH excluding ortho intramolecular Hbond substituents is 1. The largest absolute Gasteiger partial charge is 0.506 e. The summed E-state index contributed by atoms with van der Waals surface area (Å²) in [6.45, 7) is 0. The average molecular weight is 213 g/mol. The molecule has 0 aromatic heterocycles. The number of nitroso groups, excluding NO2 is 1. The number of aromatic hydroxyl groups is 1. The molecular weight excluding hydrogens is 202 g/mol. The number of benzene rings is 2. The van der Waals surface area contributed by atoms with E-state index in [0.717, 1.165) is 17.5 Å². The van der Waals surface area contributed by atoms with Crippen molar-refractivity contribution in [2.75, 3.05) is 0 Å². The van der Waals surface area contributed by atoms with Gasteiger partial charge < -0.3 is 5.11 Å². The van der Waals surface area contributed by atoms with Crippen LogP contribution < -0.4 is 0 Å². The zero-order valence-electron chi connectivity index (χ0n) is 8.63. The standard InChI is InChI=1S/C13H11NO2/c15-13-7-6-11(9-12(13)14-16)8-10-4-2-1-3-5-10/h1-7,9,15H,8H2. The average Bonchev–Trinajstić information content (AvgIpc) is 2.33. The summed E-state index contributed by atoms with van der Waals surface area (Å²) in [5.74, 6) is -0.0770. The minimum atomic E-state index is -0.0770. The summed E-state index contributed by atoms with van der Waals surface area (Å²) in [6, 6.07) is 14.8. The first-order chi connectivity index (χ1) is 7.79. The van der Waals surface area contributed by atoms with Gasteiger partial charge in [-0.25, -0.2) is 0 Å². The quantitative estimate of drug-likeness (QED) is 0.794. The van der Waals surface area contributed by atoms with Gasteiger partial charge >= 0.3 is 0 Å². The van der Waals surface area contributed by atoms with Gasteiger partial charge in [-0.05, 0) is 34.9 Å². The number of hydrogen-bond acceptors (Lipinski definition) is 3. The Morgan fingerprint density at radius 1 is 1.00 bits per heavy atom. The molecule has 2 aromatic carbocycles. The first kappa shape index (κ1) is 10.4. The topological polar surface area (TPSA) is 49.7 Å². The highest BCUT2D eigenvalue weighted by Crippen LogP contribution is 2.27. The van der Waals surface area contributed by atoms with E-state index >= 15 is 0 Å². The van der Waals surface area contributed by atoms with E-state index in [4.69, 9.17) is 0 Å². The van der Waals surface area contributed by atoms with Gasteiger partial charge in [0.15, 0.2) is 0 Å². The van der Waals surface area contributed by atoms with Gasteiger partial charge in [-0.15, -0.1) is 4.91 Å². The summed E-state index contributed by atoms with van der Waals surface area (Å²) in [5, 5.41) is 12.1. The molecule has 1 N–H and O–H groups in total. The summed E-state index contributed by atoms with van der Waals surface area (Å²) in [6.07, 6.45) is 0.726. The van der Waals surface area contributed by atoms with Crippen molar-refractivity contribution in [1.29, 1.82) is 0 Å². The van der Waals surface area contributed by atoms with E-state index < -0.39 is 0 Å². The van der Waals surface area contributed by atoms with Crippen LogP contribution in [0.1, 0.15) is 11.1 Å². The minimum Gasteiger partial charge on any atom is -0.506 e. The van der Waals surface area contributed by atoms with Crippen LogP contribution in [0.3, 0.4) is 0 Å². The van der Waals surface area contributed by atoms with Gasteiger partial charge in [0.25, 0.3) is 0 Å². The Morgan fingerprint density at radius 2 is 1.75 bits per heavy atom. The van der Waals surface area contributed by atoms with Gasteiger partial charge in [-0.1, -0.05) is 36.4 Å². The van der Waals surface area contributed by atoms with E-state index in [1.54, 1.807) is 12.1 Å². The van der Waals surface area contributed by atoms with Crippen LogP contribution in [-0.4, -0.2) is 5.11 Å². The van der Waals surface area contributed by atoms with Crippen LogP contribution in [0, 0.1) is 4.91 Å². The van der Waals surface area contributed by atoms with Crippen LogP contribution in [0.15, 0.2) is 53.7 Å². The lowest BCUT2D eigenvalue weighted by atomic mass is 10.0. The molecule has 0 heterocycles. The zero-order chi connectivity index (χ0) is 11.4. The van der Waals surface area contributed by atoms with Crippen molar-refractivity contribution in [3.8, 4) is 5.75 Å². The van der Waals surface area contributed by atoms with E-state index in [-0.39, 0.29) is 11.4 Å². The first-order valence-corrected chi connectivity index (χ1v) is 4.99. The molecule has 0 aliphatic heterocycles. The Labute approximate surface area is 93.3 Å². The highest BCUT2D eigenvalue weighted by molar-refractivity contribution is 5.53. The molecule has 2 aromatic rings. The SMILES string of the molecule is O=Nc1cc(Cc2ccccc2)ccc1O. The second kappa shape index (κ2) is 4.57. The summed E-state index contributed by atoms with van der Waals surface area (Å²) in [7, 11) is 0. The van der Waals surface area contributed by atoms with E-state index in [9.17, 15) is 10.0 Å². The van der Waals surface area contributed by atoms with Gasteiger partial charge in [0.1, 0.15) is 11.4 Å². The van der Waals surface area contributed by atoms with Crippen LogP contribution in [-0.2, 0) is 6.42 Å². The summed E-state index contributed by atoms with van der Waals surface area (Å²) >= 11 is 0. The lowest BCUT2D eigenvalue weighted by Crippen LogP contribution is -1.86. The van der Waals surface area contributed by atoms with Gasteiger partial charge in [0.05, 0.1) is 0 Å². The number of nitrogens with zero attached hydrogens (tertiary/aromatic N) is 1. The Balaban J connectivity index is 2.26. The molecule has 0 unspecified atom stereocenters. The van der Waals surface area contributed by atoms with Crippen molar-refractivity contribution in [2.24, 2.45) is 5.18 Å². The van der Waals surface area contributed by atoms with E-state index in [0.29, 0.717) is 0 Å². The number of rotatable bonds is 3. The molecule has 0 saturated carbocycles. The van der Waals surface area contributed by atoms with Crippen LogP contribution >= 0.6 is 0 Å². The maximum atomic E-state index is 10.4. The second-order valence-corrected chi connectivity index (χ2v) is 3.58. The molecule has 80 valence electrons. The Kier molecular flexibility index (Phi) is 2.96. The Morgan fingerprint density at radius 3 is 2.44 bits per heavy atom. The van der Waals surface area contributed by atoms with Crippen LogP contribution in [0.2, 0.25) is 0 Å². The van der Waals surface area contributed by atoms with Crippen LogP contribution in [0.5, 0.6) is 5.75 Å². The predicted octanol–water partition coefficient (Wildman–Crippen LogP) is 3.38. The molecule has 0 saturated heterocycles. The van der Waals surface area contributed by atoms with E-state index in [1.165, 1.54) is 6.07 Å². The van der Waals surface area contributed by atoms with Crippen molar-refractivity contribution < 1.29 is 5.11 Å². The normalized spacial score (nSPS) is 10.0. The van der Waals surface area contributed by atoms with Crippen molar-refractivity contribution >= 4 is 5.69 Å². The molecular formula is C13H11NO2. The summed E-state index contributed by atoms with van der Waals surface area (Å²) in [4.78, 5) is 10.4. The fourth-order valence-electron chi connectivity index (χ4n) is 1.58. The highest BCUT2D eigenvalue weighted by Gasteiger charge is 2.03. The smallest absolute Gasteiger partial charge is 0.149 e. The van der Waals surface area contributed by atoms with Gasteiger partial charge in [0, 0.05) is 0 Å². The lowest BCUT2D eigenvalue weighted by Gasteiger charge is -2.03. The van der Waals surface area contributed by atoms with Gasteiger partial charge in [-0.2, -0.15) is 0 Å². The third-order valence-electron chi connectivity index (χ3n) is 2.39. The molecule has 0 aliphatic rings. The van der Waals surface area contributed by atoms with E-state index in [2.05, 4.69) is 5.18 Å². The molecule has 0 fully saturated rings. The number of hydrogen-bond donors (Lipinski definition) is 1. The first-order valence-electron chi connectivity index (χ1n) is 4.99. The molecule has 0 amide bonds. The third-order valence-corrected chi connectivity index (χ3v) is 2.39. The fourth-order valence-corrected chi connectivity index (χ4v) is 1.58. The van der Waals surface area contributed by atoms with Crippen LogP contribution in [0.4, 0.5) is 5.69 Å². The molecule has 0 bridgehead atoms. The van der Waals surface area contributed by atoms with Gasteiger partial charge in [0.2, 0.25) is 0 Å². The summed E-state index contributed by atoms with van der Waals surface area (Å²) in [5.41, 5.74) is 2.21. The van der Waals surface area contributed by atoms with Crippen molar-refractivity contribution in [3.05, 3.63) is 64.6 Å². The number of phenols is 1. The molecule has 16 heavy (non-hydrogen) atoms. The fraction of sp³-hybridized carbons (Fsp3) is 0.0769. The lowest BCUT2D eigenvalue weighted by molar-refractivity contribution is 0.476. The molecule has 0 atom stereocenters. The second-order valence-electron chi connectivity index (χ2n) is 3.58. The molecule has 0 radical (unpaired) electrons. The van der Waals surface area contributed by atoms with Crippen LogP contribution in [0.25, 0.3) is 0 Å². The Hall–Kier alpha value is -2.16. The monoisotopic (exact) mass is 213 g/mol. The van der Waals surface area contributed by atoms with Crippen molar-refractivity contribution in [1.82, 2.24) is 0 Å². The highest BCUT2D eigenvalue weighted by atomic mass is 16.3. The molecule has 0 aliphatic carbocycles. The Bertz CT molecular complexity index is 495. The maximum absolute atomic E-state index is 10.4. The zero-order valence-corrected chi connectivity index (χ0v) is 8.63. The summed E-state index contributed by atoms with van der Waals surface area (Å²) < 4.78 is 0. The third kappa shape index (κ3) is 2.25. The molecule has 0 spiro atoms. The molecule has 3 heteroatoms. The minimum absolute atomic E-state index is 0.0770. The van der Waals surface area contributed by atoms with E-state index in [1.807, 2.05) is 30.3 Å². The van der Waals surface area contributed by atoms with Crippen molar-refractivity contribution in [3.63, 3.8) is 0 Å². The van der Waals surface area contributed by atoms with Gasteiger partial charge in [-0.3, -0.25) is 0 Å². The molecule has 3 nitrogen and oxygen atoms in total. The van der Waals surface area contributed by atoms with Crippen molar-refractivity contribution in [2.45, 2.75) is 6.42 Å². The maximum Gasteiger partial charge on any atom is 0.149 e. The predicted molar refractivity (Wildman–Crippen MR) is 62.8 cm³/mol. The molecule has 2 rings (SSSR count).